The molecule has 0 fully saturated rings. The molecule has 0 amide bonds. The normalized spacial score (nSPS) is 11.7. The van der Waals surface area contributed by atoms with Crippen LogP contribution in [0.4, 0.5) is 0 Å². The van der Waals surface area contributed by atoms with Gasteiger partial charge in [0.15, 0.2) is 0 Å². The molecule has 1 N–H and O–H groups in total. The molecule has 1 aromatic rings. The predicted octanol–water partition coefficient (Wildman–Crippen LogP) is 1.49. The van der Waals surface area contributed by atoms with Crippen molar-refractivity contribution in [2.75, 3.05) is 31.7 Å². The van der Waals surface area contributed by atoms with E-state index in [9.17, 15) is 8.42 Å². The van der Waals surface area contributed by atoms with E-state index < -0.39 is 9.84 Å². The molecule has 0 heterocycles. The minimum atomic E-state index is -2.88. The van der Waals surface area contributed by atoms with E-state index in [1.807, 2.05) is 24.3 Å². The fourth-order valence-corrected chi connectivity index (χ4v) is 2.07. The van der Waals surface area contributed by atoms with Gasteiger partial charge in [-0.25, -0.2) is 8.42 Å². The first kappa shape index (κ1) is 15.4. The molecule has 1 rings (SSSR count). The summed E-state index contributed by atoms with van der Waals surface area (Å²) in [6.07, 6.45) is 1.23. The van der Waals surface area contributed by atoms with Crippen LogP contribution in [0.3, 0.4) is 0 Å². The average molecular weight is 292 g/mol. The molecule has 0 bridgehead atoms. The molecule has 18 heavy (non-hydrogen) atoms. The second kappa shape index (κ2) is 7.74. The molecule has 0 aromatic heterocycles. The smallest absolute Gasteiger partial charge is 0.148 e. The van der Waals surface area contributed by atoms with Gasteiger partial charge in [-0.1, -0.05) is 23.7 Å². The van der Waals surface area contributed by atoms with Crippen LogP contribution in [-0.4, -0.2) is 40.1 Å². The van der Waals surface area contributed by atoms with Gasteiger partial charge in [-0.2, -0.15) is 0 Å². The number of nitrogens with one attached hydrogen (secondary N) is 1. The van der Waals surface area contributed by atoms with Crippen LogP contribution < -0.4 is 5.32 Å². The highest BCUT2D eigenvalue weighted by atomic mass is 35.5. The van der Waals surface area contributed by atoms with Gasteiger partial charge in [0.05, 0.1) is 19.0 Å². The Morgan fingerprint density at radius 2 is 2.11 bits per heavy atom. The Balaban J connectivity index is 2.06. The zero-order valence-electron chi connectivity index (χ0n) is 10.4. The van der Waals surface area contributed by atoms with Gasteiger partial charge in [-0.05, 0) is 17.7 Å². The lowest BCUT2D eigenvalue weighted by Gasteiger charge is -2.06. The Labute approximate surface area is 113 Å². The summed E-state index contributed by atoms with van der Waals surface area (Å²) >= 11 is 5.84. The number of ether oxygens (including phenoxy) is 1. The van der Waals surface area contributed by atoms with Gasteiger partial charge >= 0.3 is 0 Å². The van der Waals surface area contributed by atoms with Crippen molar-refractivity contribution >= 4 is 21.4 Å². The average Bonchev–Trinajstić information content (AvgIpc) is 2.26. The third-order valence-corrected chi connectivity index (χ3v) is 3.41. The standard InChI is InChI=1S/C12H18ClNO3S/c1-18(15,16)8-6-14-5-7-17-10-11-3-2-4-12(13)9-11/h2-4,9,14H,5-8,10H2,1H3. The first-order chi connectivity index (χ1) is 8.47. The van der Waals surface area contributed by atoms with Crippen molar-refractivity contribution in [3.63, 3.8) is 0 Å². The molecule has 0 unspecified atom stereocenters. The topological polar surface area (TPSA) is 55.4 Å². The molecule has 1 aromatic carbocycles. The summed E-state index contributed by atoms with van der Waals surface area (Å²) in [5.41, 5.74) is 1.03. The summed E-state index contributed by atoms with van der Waals surface area (Å²) in [4.78, 5) is 0. The number of hydrogen-bond acceptors (Lipinski definition) is 4. The van der Waals surface area contributed by atoms with Crippen molar-refractivity contribution in [3.05, 3.63) is 34.9 Å². The monoisotopic (exact) mass is 291 g/mol. The number of halogens is 1. The van der Waals surface area contributed by atoms with E-state index in [1.54, 1.807) is 0 Å². The zero-order valence-corrected chi connectivity index (χ0v) is 11.9. The van der Waals surface area contributed by atoms with E-state index in [-0.39, 0.29) is 5.75 Å². The zero-order chi connectivity index (χ0) is 13.4. The maximum atomic E-state index is 10.9. The Morgan fingerprint density at radius 1 is 1.33 bits per heavy atom. The van der Waals surface area contributed by atoms with Gasteiger partial charge in [0.1, 0.15) is 9.84 Å². The van der Waals surface area contributed by atoms with Crippen molar-refractivity contribution in [2.24, 2.45) is 0 Å². The van der Waals surface area contributed by atoms with Crippen molar-refractivity contribution in [1.29, 1.82) is 0 Å². The minimum Gasteiger partial charge on any atom is -0.375 e. The van der Waals surface area contributed by atoms with Crippen LogP contribution in [0.2, 0.25) is 5.02 Å². The quantitative estimate of drug-likeness (QED) is 0.737. The van der Waals surface area contributed by atoms with Crippen LogP contribution in [0.5, 0.6) is 0 Å². The lowest BCUT2D eigenvalue weighted by Crippen LogP contribution is -2.25. The van der Waals surface area contributed by atoms with Crippen molar-refractivity contribution < 1.29 is 13.2 Å². The van der Waals surface area contributed by atoms with Crippen molar-refractivity contribution in [1.82, 2.24) is 5.32 Å². The third-order valence-electron chi connectivity index (χ3n) is 2.23. The Morgan fingerprint density at radius 3 is 2.78 bits per heavy atom. The van der Waals surface area contributed by atoms with Gasteiger partial charge in [-0.3, -0.25) is 0 Å². The van der Waals surface area contributed by atoms with E-state index in [2.05, 4.69) is 5.32 Å². The molecule has 0 radical (unpaired) electrons. The molecule has 102 valence electrons. The van der Waals surface area contributed by atoms with Gasteiger partial charge in [0.2, 0.25) is 0 Å². The highest BCUT2D eigenvalue weighted by Crippen LogP contribution is 2.11. The summed E-state index contributed by atoms with van der Waals surface area (Å²) in [7, 11) is -2.88. The van der Waals surface area contributed by atoms with Gasteiger partial charge < -0.3 is 10.1 Å². The SMILES string of the molecule is CS(=O)(=O)CCNCCOCc1cccc(Cl)c1. The number of benzene rings is 1. The highest BCUT2D eigenvalue weighted by Gasteiger charge is 2.00. The second-order valence-electron chi connectivity index (χ2n) is 4.06. The molecule has 6 heteroatoms. The Kier molecular flexibility index (Phi) is 6.63. The fourth-order valence-electron chi connectivity index (χ4n) is 1.34. The summed E-state index contributed by atoms with van der Waals surface area (Å²) < 4.78 is 27.1. The van der Waals surface area contributed by atoms with Crippen LogP contribution >= 0.6 is 11.6 Å². The predicted molar refractivity (Wildman–Crippen MR) is 73.7 cm³/mol. The van der Waals surface area contributed by atoms with Crippen molar-refractivity contribution in [2.45, 2.75) is 6.61 Å². The van der Waals surface area contributed by atoms with E-state index in [0.29, 0.717) is 31.3 Å². The first-order valence-electron chi connectivity index (χ1n) is 5.68. The summed E-state index contributed by atoms with van der Waals surface area (Å²) in [6, 6.07) is 7.50. The highest BCUT2D eigenvalue weighted by molar-refractivity contribution is 7.90. The lowest BCUT2D eigenvalue weighted by atomic mass is 10.2. The van der Waals surface area contributed by atoms with Crippen LogP contribution in [0.1, 0.15) is 5.56 Å². The lowest BCUT2D eigenvalue weighted by molar-refractivity contribution is 0.123. The Hall–Kier alpha value is -0.620. The fraction of sp³-hybridized carbons (Fsp3) is 0.500. The summed E-state index contributed by atoms with van der Waals surface area (Å²) in [5, 5.41) is 3.71. The van der Waals surface area contributed by atoms with Crippen LogP contribution in [0.25, 0.3) is 0 Å². The third kappa shape index (κ3) is 7.66. The van der Waals surface area contributed by atoms with Gasteiger partial charge in [0.25, 0.3) is 0 Å². The van der Waals surface area contributed by atoms with E-state index in [0.717, 1.165) is 5.56 Å². The summed E-state index contributed by atoms with van der Waals surface area (Å²) in [6.45, 7) is 2.14. The van der Waals surface area contributed by atoms with Crippen LogP contribution in [0, 0.1) is 0 Å². The molecular weight excluding hydrogens is 274 g/mol. The maximum Gasteiger partial charge on any atom is 0.148 e. The summed E-state index contributed by atoms with van der Waals surface area (Å²) in [5.74, 6) is 0.154. The van der Waals surface area contributed by atoms with Crippen molar-refractivity contribution in [3.8, 4) is 0 Å². The Bertz CT molecular complexity index is 462. The van der Waals surface area contributed by atoms with E-state index in [1.165, 1.54) is 6.26 Å². The van der Waals surface area contributed by atoms with Gasteiger partial charge in [0, 0.05) is 24.4 Å². The van der Waals surface area contributed by atoms with Crippen LogP contribution in [0.15, 0.2) is 24.3 Å². The largest absolute Gasteiger partial charge is 0.375 e. The molecule has 4 nitrogen and oxygen atoms in total. The molecule has 0 aliphatic heterocycles. The second-order valence-corrected chi connectivity index (χ2v) is 6.76. The van der Waals surface area contributed by atoms with Gasteiger partial charge in [-0.15, -0.1) is 0 Å². The molecular formula is C12H18ClNO3S. The molecule has 0 spiro atoms. The van der Waals surface area contributed by atoms with Crippen LogP contribution in [-0.2, 0) is 21.2 Å². The number of sulfone groups is 1. The first-order valence-corrected chi connectivity index (χ1v) is 8.12. The molecule has 0 saturated heterocycles. The van der Waals surface area contributed by atoms with E-state index >= 15 is 0 Å². The molecule has 0 aliphatic rings. The number of rotatable bonds is 8. The minimum absolute atomic E-state index is 0.154. The van der Waals surface area contributed by atoms with E-state index in [4.69, 9.17) is 16.3 Å². The maximum absolute atomic E-state index is 10.9. The molecule has 0 aliphatic carbocycles. The number of hydrogen-bond donors (Lipinski definition) is 1. The molecule has 0 atom stereocenters. The molecule has 0 saturated carbocycles.